The number of oxime groups is 1. The van der Waals surface area contributed by atoms with Crippen LogP contribution in [0.4, 0.5) is 0 Å². The first-order valence-electron chi connectivity index (χ1n) is 11.6. The predicted octanol–water partition coefficient (Wildman–Crippen LogP) is 2.85. The molecule has 1 aliphatic heterocycles. The maximum Gasteiger partial charge on any atom is 0.261 e. The highest BCUT2D eigenvalue weighted by Crippen LogP contribution is 2.22. The van der Waals surface area contributed by atoms with Crippen LogP contribution in [0.3, 0.4) is 0 Å². The van der Waals surface area contributed by atoms with Crippen LogP contribution in [0.25, 0.3) is 22.2 Å². The smallest absolute Gasteiger partial charge is 0.261 e. The number of benzene rings is 2. The Morgan fingerprint density at radius 3 is 2.62 bits per heavy atom. The molecule has 0 saturated heterocycles. The van der Waals surface area contributed by atoms with Crippen LogP contribution in [0, 0.1) is 0 Å². The van der Waals surface area contributed by atoms with Crippen LogP contribution in [0.15, 0.2) is 72.1 Å². The zero-order valence-electron chi connectivity index (χ0n) is 19.8. The van der Waals surface area contributed by atoms with Crippen molar-refractivity contribution in [1.29, 1.82) is 0 Å². The van der Waals surface area contributed by atoms with Crippen molar-refractivity contribution in [3.8, 4) is 0 Å². The van der Waals surface area contributed by atoms with Crippen LogP contribution in [0.5, 0.6) is 0 Å². The molecule has 3 aromatic heterocycles. The standard InChI is InChI=1S/C26H20N8O3/c1-16(31-37-12-11-33-25(35)19-6-2-3-7-20(19)26(33)36)22-14-28-23-24(29-22)34(32-30-23)15-17-8-9-21-18(13-17)5-4-10-27-21/h2-10,13-14H,11-12,15H2,1H3. The highest BCUT2D eigenvalue weighted by atomic mass is 16.6. The molecule has 1 aliphatic rings. The summed E-state index contributed by atoms with van der Waals surface area (Å²) < 4.78 is 1.68. The maximum absolute atomic E-state index is 12.5. The molecule has 0 spiro atoms. The molecule has 0 unspecified atom stereocenters. The van der Waals surface area contributed by atoms with Gasteiger partial charge in [-0.15, -0.1) is 5.10 Å². The third kappa shape index (κ3) is 4.16. The van der Waals surface area contributed by atoms with Gasteiger partial charge in [-0.3, -0.25) is 19.5 Å². The summed E-state index contributed by atoms with van der Waals surface area (Å²) in [6.07, 6.45) is 3.32. The number of pyridine rings is 1. The Bertz CT molecular complexity index is 1680. The van der Waals surface area contributed by atoms with Gasteiger partial charge in [-0.2, -0.15) is 0 Å². The lowest BCUT2D eigenvalue weighted by Gasteiger charge is -2.12. The van der Waals surface area contributed by atoms with E-state index < -0.39 is 0 Å². The molecule has 4 heterocycles. The van der Waals surface area contributed by atoms with E-state index in [0.29, 0.717) is 40.4 Å². The second-order valence-electron chi connectivity index (χ2n) is 8.50. The zero-order valence-corrected chi connectivity index (χ0v) is 19.8. The topological polar surface area (TPSA) is 128 Å². The summed E-state index contributed by atoms with van der Waals surface area (Å²) in [6, 6.07) is 16.7. The molecule has 0 atom stereocenters. The van der Waals surface area contributed by atoms with Crippen LogP contribution >= 0.6 is 0 Å². The molecule has 11 heteroatoms. The Morgan fingerprint density at radius 1 is 1.00 bits per heavy atom. The van der Waals surface area contributed by atoms with E-state index in [1.165, 1.54) is 0 Å². The summed E-state index contributed by atoms with van der Waals surface area (Å²) in [5.74, 6) is -0.658. The van der Waals surface area contributed by atoms with E-state index in [-0.39, 0.29) is 25.0 Å². The number of carbonyl (C=O) groups is 2. The highest BCUT2D eigenvalue weighted by molar-refractivity contribution is 6.21. The molecular formula is C26H20N8O3. The number of rotatable bonds is 7. The van der Waals surface area contributed by atoms with E-state index in [0.717, 1.165) is 21.4 Å². The van der Waals surface area contributed by atoms with E-state index in [2.05, 4.69) is 36.5 Å². The third-order valence-corrected chi connectivity index (χ3v) is 6.08. The first-order valence-corrected chi connectivity index (χ1v) is 11.6. The molecule has 0 radical (unpaired) electrons. The Hall–Kier alpha value is -5.06. The quantitative estimate of drug-likeness (QED) is 0.147. The van der Waals surface area contributed by atoms with Gasteiger partial charge in [0, 0.05) is 11.6 Å². The fourth-order valence-electron chi connectivity index (χ4n) is 4.20. The Morgan fingerprint density at radius 2 is 1.81 bits per heavy atom. The molecule has 0 bridgehead atoms. The number of aromatic nitrogens is 6. The molecule has 0 saturated carbocycles. The summed E-state index contributed by atoms with van der Waals surface area (Å²) >= 11 is 0. The number of fused-ring (bicyclic) bond motifs is 3. The Balaban J connectivity index is 1.14. The molecule has 6 rings (SSSR count). The molecule has 37 heavy (non-hydrogen) atoms. The van der Waals surface area contributed by atoms with Gasteiger partial charge in [-0.25, -0.2) is 14.6 Å². The van der Waals surface area contributed by atoms with Gasteiger partial charge in [0.15, 0.2) is 5.65 Å². The summed E-state index contributed by atoms with van der Waals surface area (Å²) in [7, 11) is 0. The van der Waals surface area contributed by atoms with Crippen molar-refractivity contribution in [1.82, 2.24) is 34.8 Å². The fraction of sp³-hybridized carbons (Fsp3) is 0.154. The van der Waals surface area contributed by atoms with Crippen molar-refractivity contribution < 1.29 is 14.4 Å². The van der Waals surface area contributed by atoms with E-state index >= 15 is 0 Å². The lowest BCUT2D eigenvalue weighted by atomic mass is 10.1. The average molecular weight is 492 g/mol. The van der Waals surface area contributed by atoms with Gasteiger partial charge in [-0.05, 0) is 42.8 Å². The SMILES string of the molecule is CC(=NOCCN1C(=O)c2ccccc2C1=O)c1cnc2nnn(Cc3ccc4ncccc4c3)c2n1. The van der Waals surface area contributed by atoms with Crippen molar-refractivity contribution in [3.63, 3.8) is 0 Å². The first-order chi connectivity index (χ1) is 18.1. The minimum absolute atomic E-state index is 0.0504. The highest BCUT2D eigenvalue weighted by Gasteiger charge is 2.34. The molecular weight excluding hydrogens is 472 g/mol. The monoisotopic (exact) mass is 492 g/mol. The van der Waals surface area contributed by atoms with Gasteiger partial charge < -0.3 is 4.84 Å². The van der Waals surface area contributed by atoms with Gasteiger partial charge in [-0.1, -0.05) is 34.6 Å². The first kappa shape index (κ1) is 22.4. The molecule has 0 N–H and O–H groups in total. The number of hydrogen-bond acceptors (Lipinski definition) is 9. The zero-order chi connectivity index (χ0) is 25.4. The van der Waals surface area contributed by atoms with E-state index in [1.54, 1.807) is 48.3 Å². The average Bonchev–Trinajstić information content (AvgIpc) is 3.44. The van der Waals surface area contributed by atoms with Gasteiger partial charge in [0.05, 0.1) is 35.9 Å². The molecule has 2 amide bonds. The number of imide groups is 1. The molecule has 0 fully saturated rings. The number of hydrogen-bond donors (Lipinski definition) is 0. The lowest BCUT2D eigenvalue weighted by molar-refractivity contribution is 0.0571. The predicted molar refractivity (Wildman–Crippen MR) is 134 cm³/mol. The van der Waals surface area contributed by atoms with Crippen molar-refractivity contribution in [2.75, 3.05) is 13.2 Å². The van der Waals surface area contributed by atoms with Crippen molar-refractivity contribution in [2.45, 2.75) is 13.5 Å². The molecule has 5 aromatic rings. The summed E-state index contributed by atoms with van der Waals surface area (Å²) in [5.41, 5.74) is 4.69. The Kier molecular flexibility index (Phi) is 5.56. The van der Waals surface area contributed by atoms with Crippen LogP contribution in [0.1, 0.15) is 38.9 Å². The second-order valence-corrected chi connectivity index (χ2v) is 8.50. The van der Waals surface area contributed by atoms with E-state index in [9.17, 15) is 9.59 Å². The van der Waals surface area contributed by atoms with Crippen LogP contribution in [-0.2, 0) is 11.4 Å². The summed E-state index contributed by atoms with van der Waals surface area (Å²) in [6.45, 7) is 2.34. The lowest BCUT2D eigenvalue weighted by Crippen LogP contribution is -2.32. The second kappa shape index (κ2) is 9.19. The van der Waals surface area contributed by atoms with Crippen molar-refractivity contribution in [2.24, 2.45) is 5.16 Å². The molecule has 0 aliphatic carbocycles. The normalized spacial score (nSPS) is 13.5. The van der Waals surface area contributed by atoms with Crippen LogP contribution in [-0.4, -0.2) is 65.5 Å². The molecule has 182 valence electrons. The van der Waals surface area contributed by atoms with E-state index in [4.69, 9.17) is 4.84 Å². The van der Waals surface area contributed by atoms with Crippen LogP contribution in [0.2, 0.25) is 0 Å². The van der Waals surface area contributed by atoms with Gasteiger partial charge in [0.2, 0.25) is 5.65 Å². The minimum atomic E-state index is -0.329. The van der Waals surface area contributed by atoms with Gasteiger partial charge in [0.1, 0.15) is 18.0 Å². The number of amides is 2. The van der Waals surface area contributed by atoms with Crippen molar-refractivity contribution >= 4 is 39.7 Å². The van der Waals surface area contributed by atoms with E-state index in [1.807, 2.05) is 24.3 Å². The largest absolute Gasteiger partial charge is 0.394 e. The third-order valence-electron chi connectivity index (χ3n) is 6.08. The fourth-order valence-corrected chi connectivity index (χ4v) is 4.20. The maximum atomic E-state index is 12.5. The summed E-state index contributed by atoms with van der Waals surface area (Å²) in [4.78, 5) is 44.8. The minimum Gasteiger partial charge on any atom is -0.394 e. The van der Waals surface area contributed by atoms with Gasteiger partial charge in [0.25, 0.3) is 11.8 Å². The number of carbonyl (C=O) groups excluding carboxylic acids is 2. The molecule has 11 nitrogen and oxygen atoms in total. The van der Waals surface area contributed by atoms with Gasteiger partial charge >= 0.3 is 0 Å². The van der Waals surface area contributed by atoms with Crippen LogP contribution < -0.4 is 0 Å². The molecule has 2 aromatic carbocycles. The number of nitrogens with zero attached hydrogens (tertiary/aromatic N) is 8. The summed E-state index contributed by atoms with van der Waals surface area (Å²) in [5, 5.41) is 13.5. The Labute approximate surface area is 210 Å². The van der Waals surface area contributed by atoms with Crippen molar-refractivity contribution in [3.05, 3.63) is 89.4 Å².